The van der Waals surface area contributed by atoms with Gasteiger partial charge < -0.3 is 10.6 Å². The molecule has 3 aromatic rings. The van der Waals surface area contributed by atoms with Gasteiger partial charge in [0.15, 0.2) is 0 Å². The molecule has 6 nitrogen and oxygen atoms in total. The fourth-order valence-electron chi connectivity index (χ4n) is 2.91. The molecule has 1 aromatic heterocycles. The zero-order chi connectivity index (χ0) is 20.2. The van der Waals surface area contributed by atoms with Gasteiger partial charge in [0.05, 0.1) is 0 Å². The van der Waals surface area contributed by atoms with Crippen molar-refractivity contribution in [2.24, 2.45) is 0 Å². The summed E-state index contributed by atoms with van der Waals surface area (Å²) in [5.41, 5.74) is 1.85. The van der Waals surface area contributed by atoms with Crippen LogP contribution in [0.25, 0.3) is 16.5 Å². The van der Waals surface area contributed by atoms with E-state index in [1.807, 2.05) is 48.5 Å². The molecule has 1 aliphatic heterocycles. The number of para-hydroxylation sites is 1. The summed E-state index contributed by atoms with van der Waals surface area (Å²) >= 11 is 1.52. The van der Waals surface area contributed by atoms with Gasteiger partial charge in [0, 0.05) is 15.4 Å². The lowest BCUT2D eigenvalue weighted by Crippen LogP contribution is -2.38. The van der Waals surface area contributed by atoms with Crippen LogP contribution in [0.3, 0.4) is 0 Å². The maximum Gasteiger partial charge on any atom is 0.329 e. The predicted molar refractivity (Wildman–Crippen MR) is 113 cm³/mol. The Labute approximate surface area is 171 Å². The van der Waals surface area contributed by atoms with E-state index in [1.165, 1.54) is 11.3 Å². The molecule has 1 fully saturated rings. The van der Waals surface area contributed by atoms with Gasteiger partial charge in [-0.3, -0.25) is 9.59 Å². The number of nitrogens with one attached hydrogen (secondary N) is 2. The average Bonchev–Trinajstić information content (AvgIpc) is 3.30. The van der Waals surface area contributed by atoms with Crippen LogP contribution in [0.5, 0.6) is 0 Å². The van der Waals surface area contributed by atoms with E-state index < -0.39 is 17.8 Å². The number of anilines is 1. The minimum Gasteiger partial charge on any atom is -0.325 e. The SMILES string of the molecule is O=C(CN1C(=O)N/C(=C\c2ccc(-c3ccccc3)s2)C1=O)Nc1ccccc1. The first kappa shape index (κ1) is 18.6. The number of carbonyl (C=O) groups excluding carboxylic acids is 3. The summed E-state index contributed by atoms with van der Waals surface area (Å²) in [4.78, 5) is 39.7. The minimum absolute atomic E-state index is 0.156. The van der Waals surface area contributed by atoms with Crippen LogP contribution in [0, 0.1) is 0 Å². The van der Waals surface area contributed by atoms with Crippen LogP contribution < -0.4 is 10.6 Å². The van der Waals surface area contributed by atoms with Crippen LogP contribution in [0.1, 0.15) is 4.88 Å². The van der Waals surface area contributed by atoms with Crippen molar-refractivity contribution in [1.82, 2.24) is 10.2 Å². The molecule has 4 rings (SSSR count). The smallest absolute Gasteiger partial charge is 0.325 e. The van der Waals surface area contributed by atoms with Crippen molar-refractivity contribution >= 4 is 40.9 Å². The van der Waals surface area contributed by atoms with Crippen molar-refractivity contribution in [1.29, 1.82) is 0 Å². The van der Waals surface area contributed by atoms with Gasteiger partial charge in [0.25, 0.3) is 5.91 Å². The minimum atomic E-state index is -0.607. The van der Waals surface area contributed by atoms with Crippen LogP contribution in [-0.2, 0) is 9.59 Å². The summed E-state index contributed by atoms with van der Waals surface area (Å²) in [7, 11) is 0. The molecular formula is C22H17N3O3S. The predicted octanol–water partition coefficient (Wildman–Crippen LogP) is 3.95. The number of nitrogens with zero attached hydrogens (tertiary/aromatic N) is 1. The molecular weight excluding hydrogens is 386 g/mol. The molecule has 0 bridgehead atoms. The average molecular weight is 403 g/mol. The summed E-state index contributed by atoms with van der Waals surface area (Å²) in [5, 5.41) is 5.21. The Morgan fingerprint density at radius 1 is 0.966 bits per heavy atom. The number of hydrogen-bond acceptors (Lipinski definition) is 4. The normalized spacial score (nSPS) is 14.9. The Kier molecular flexibility index (Phi) is 5.22. The molecule has 7 heteroatoms. The summed E-state index contributed by atoms with van der Waals surface area (Å²) in [6, 6.07) is 22.0. The number of rotatable bonds is 5. The third-order valence-electron chi connectivity index (χ3n) is 4.29. The van der Waals surface area contributed by atoms with Gasteiger partial charge in [-0.1, -0.05) is 48.5 Å². The Morgan fingerprint density at radius 2 is 1.66 bits per heavy atom. The number of thiophene rings is 1. The Hall–Kier alpha value is -3.71. The number of benzene rings is 2. The molecule has 0 aliphatic carbocycles. The summed E-state index contributed by atoms with van der Waals surface area (Å²) in [6.45, 7) is -0.351. The second-order valence-corrected chi connectivity index (χ2v) is 7.48. The Balaban J connectivity index is 1.45. The standard InChI is InChI=1S/C22H17N3O3S/c26-20(23-16-9-5-2-6-10-16)14-25-21(27)18(24-22(25)28)13-17-11-12-19(29-17)15-7-3-1-4-8-15/h1-13H,14H2,(H,23,26)(H,24,28)/b18-13-. The first-order valence-electron chi connectivity index (χ1n) is 8.95. The first-order valence-corrected chi connectivity index (χ1v) is 9.76. The topological polar surface area (TPSA) is 78.5 Å². The molecule has 2 N–H and O–H groups in total. The second-order valence-electron chi connectivity index (χ2n) is 6.36. The molecule has 1 saturated heterocycles. The number of urea groups is 1. The Bertz CT molecular complexity index is 1090. The largest absolute Gasteiger partial charge is 0.329 e. The maximum absolute atomic E-state index is 12.6. The van der Waals surface area contributed by atoms with Crippen LogP contribution in [0.4, 0.5) is 10.5 Å². The fraction of sp³-hybridized carbons (Fsp3) is 0.0455. The number of carbonyl (C=O) groups is 3. The molecule has 2 heterocycles. The number of hydrogen-bond donors (Lipinski definition) is 2. The van der Waals surface area contributed by atoms with Gasteiger partial charge >= 0.3 is 6.03 Å². The lowest BCUT2D eigenvalue weighted by atomic mass is 10.2. The monoisotopic (exact) mass is 403 g/mol. The lowest BCUT2D eigenvalue weighted by Gasteiger charge is -2.11. The lowest BCUT2D eigenvalue weighted by molar-refractivity contribution is -0.127. The molecule has 4 amide bonds. The fourth-order valence-corrected chi connectivity index (χ4v) is 3.87. The van der Waals surface area contributed by atoms with Gasteiger partial charge in [-0.25, -0.2) is 9.69 Å². The zero-order valence-electron chi connectivity index (χ0n) is 15.3. The van der Waals surface area contributed by atoms with Crippen LogP contribution in [-0.4, -0.2) is 29.3 Å². The highest BCUT2D eigenvalue weighted by atomic mass is 32.1. The maximum atomic E-state index is 12.6. The summed E-state index contributed by atoms with van der Waals surface area (Å²) in [6.07, 6.45) is 1.63. The van der Waals surface area contributed by atoms with Gasteiger partial charge in [0.2, 0.25) is 5.91 Å². The van der Waals surface area contributed by atoms with E-state index in [0.717, 1.165) is 20.2 Å². The van der Waals surface area contributed by atoms with E-state index >= 15 is 0 Å². The van der Waals surface area contributed by atoms with Gasteiger partial charge in [-0.05, 0) is 35.9 Å². The molecule has 0 unspecified atom stereocenters. The first-order chi connectivity index (χ1) is 14.1. The van der Waals surface area contributed by atoms with Crippen molar-refractivity contribution in [2.75, 3.05) is 11.9 Å². The molecule has 29 heavy (non-hydrogen) atoms. The molecule has 144 valence electrons. The third-order valence-corrected chi connectivity index (χ3v) is 5.37. The van der Waals surface area contributed by atoms with Crippen molar-refractivity contribution in [2.45, 2.75) is 0 Å². The van der Waals surface area contributed by atoms with E-state index in [2.05, 4.69) is 10.6 Å². The van der Waals surface area contributed by atoms with Crippen LogP contribution in [0.15, 0.2) is 78.5 Å². The molecule has 0 saturated carbocycles. The van der Waals surface area contributed by atoms with E-state index in [-0.39, 0.29) is 12.2 Å². The van der Waals surface area contributed by atoms with Crippen LogP contribution in [0.2, 0.25) is 0 Å². The second kappa shape index (κ2) is 8.12. The molecule has 0 atom stereocenters. The van der Waals surface area contributed by atoms with Gasteiger partial charge in [-0.15, -0.1) is 11.3 Å². The van der Waals surface area contributed by atoms with Crippen molar-refractivity contribution in [3.8, 4) is 10.4 Å². The molecule has 2 aromatic carbocycles. The van der Waals surface area contributed by atoms with Crippen molar-refractivity contribution in [3.63, 3.8) is 0 Å². The van der Waals surface area contributed by atoms with E-state index in [0.29, 0.717) is 5.69 Å². The third kappa shape index (κ3) is 4.25. The molecule has 0 radical (unpaired) electrons. The molecule has 0 spiro atoms. The van der Waals surface area contributed by atoms with E-state index in [1.54, 1.807) is 30.3 Å². The van der Waals surface area contributed by atoms with Gasteiger partial charge in [-0.2, -0.15) is 0 Å². The highest BCUT2D eigenvalue weighted by molar-refractivity contribution is 7.16. The van der Waals surface area contributed by atoms with E-state index in [9.17, 15) is 14.4 Å². The zero-order valence-corrected chi connectivity index (χ0v) is 16.1. The number of imide groups is 1. The summed E-state index contributed by atoms with van der Waals surface area (Å²) in [5.74, 6) is -0.962. The van der Waals surface area contributed by atoms with Crippen LogP contribution >= 0.6 is 11.3 Å². The highest BCUT2D eigenvalue weighted by Crippen LogP contribution is 2.29. The quantitative estimate of drug-likeness (QED) is 0.500. The van der Waals surface area contributed by atoms with Crippen molar-refractivity contribution < 1.29 is 14.4 Å². The number of amides is 4. The molecule has 1 aliphatic rings. The van der Waals surface area contributed by atoms with Crippen molar-refractivity contribution in [3.05, 3.63) is 83.4 Å². The Morgan fingerprint density at radius 3 is 2.38 bits per heavy atom. The highest BCUT2D eigenvalue weighted by Gasteiger charge is 2.35. The summed E-state index contributed by atoms with van der Waals surface area (Å²) < 4.78 is 0. The van der Waals surface area contributed by atoms with Gasteiger partial charge in [0.1, 0.15) is 12.2 Å². The van der Waals surface area contributed by atoms with E-state index in [4.69, 9.17) is 0 Å².